The van der Waals surface area contributed by atoms with Gasteiger partial charge in [0.2, 0.25) is 10.0 Å². The highest BCUT2D eigenvalue weighted by atomic mass is 32.2. The van der Waals surface area contributed by atoms with Crippen LogP contribution < -0.4 is 10.1 Å². The zero-order valence-electron chi connectivity index (χ0n) is 16.7. The van der Waals surface area contributed by atoms with Gasteiger partial charge in [-0.2, -0.15) is 0 Å². The van der Waals surface area contributed by atoms with Crippen molar-refractivity contribution in [1.29, 1.82) is 0 Å². The van der Waals surface area contributed by atoms with Gasteiger partial charge in [0.1, 0.15) is 5.75 Å². The first-order valence-electron chi connectivity index (χ1n) is 8.79. The van der Waals surface area contributed by atoms with E-state index in [1.165, 1.54) is 46.3 Å². The highest BCUT2D eigenvalue weighted by molar-refractivity contribution is 7.89. The van der Waals surface area contributed by atoms with Gasteiger partial charge in [-0.15, -0.1) is 0 Å². The summed E-state index contributed by atoms with van der Waals surface area (Å²) in [7, 11) is 0.744. The quantitative estimate of drug-likeness (QED) is 0.656. The molecular formula is C20H24N2O6S. The summed E-state index contributed by atoms with van der Waals surface area (Å²) in [6.07, 6.45) is -1.06. The molecule has 29 heavy (non-hydrogen) atoms. The van der Waals surface area contributed by atoms with Gasteiger partial charge in [0.15, 0.2) is 6.10 Å². The smallest absolute Gasteiger partial charge is 0.311 e. The van der Waals surface area contributed by atoms with Gasteiger partial charge in [-0.1, -0.05) is 18.2 Å². The molecule has 2 aromatic rings. The Morgan fingerprint density at radius 2 is 1.79 bits per heavy atom. The molecule has 0 aromatic heterocycles. The molecule has 0 unspecified atom stereocenters. The highest BCUT2D eigenvalue weighted by Gasteiger charge is 2.20. The normalized spacial score (nSPS) is 12.3. The van der Waals surface area contributed by atoms with E-state index < -0.39 is 28.0 Å². The van der Waals surface area contributed by atoms with Crippen LogP contribution in [-0.4, -0.2) is 51.9 Å². The van der Waals surface area contributed by atoms with Gasteiger partial charge in [0.25, 0.3) is 5.91 Å². The molecule has 0 fully saturated rings. The zero-order valence-corrected chi connectivity index (χ0v) is 17.5. The number of amides is 1. The van der Waals surface area contributed by atoms with Crippen molar-refractivity contribution in [3.63, 3.8) is 0 Å². The molecule has 2 rings (SSSR count). The lowest BCUT2D eigenvalue weighted by atomic mass is 10.1. The maximum atomic E-state index is 12.3. The van der Waals surface area contributed by atoms with Gasteiger partial charge in [-0.25, -0.2) is 12.7 Å². The fraction of sp³-hybridized carbons (Fsp3) is 0.300. The number of carbonyl (C=O) groups excluding carboxylic acids is 2. The molecule has 1 atom stereocenters. The average molecular weight is 420 g/mol. The standard InChI is InChI=1S/C20H24N2O6S/c1-14(28-19(23)12-15-7-5-9-17(11-15)27-4)20(24)21-16-8-6-10-18(13-16)29(25,26)22(2)3/h5-11,13-14H,12H2,1-4H3,(H,21,24)/t14-/m0/s1. The van der Waals surface area contributed by atoms with Crippen molar-refractivity contribution in [2.75, 3.05) is 26.5 Å². The third-order valence-corrected chi connectivity index (χ3v) is 5.85. The van der Waals surface area contributed by atoms with Crippen LogP contribution in [0.4, 0.5) is 5.69 Å². The molecule has 0 heterocycles. The molecule has 0 saturated heterocycles. The number of nitrogens with one attached hydrogen (secondary N) is 1. The lowest BCUT2D eigenvalue weighted by Gasteiger charge is -2.15. The second-order valence-electron chi connectivity index (χ2n) is 6.46. The molecular weight excluding hydrogens is 396 g/mol. The first kappa shape index (κ1) is 22.4. The number of anilines is 1. The minimum atomic E-state index is -3.63. The molecule has 0 bridgehead atoms. The number of sulfonamides is 1. The Morgan fingerprint density at radius 3 is 2.45 bits per heavy atom. The summed E-state index contributed by atoms with van der Waals surface area (Å²) in [6, 6.07) is 12.8. The second-order valence-corrected chi connectivity index (χ2v) is 8.62. The van der Waals surface area contributed by atoms with Crippen molar-refractivity contribution in [2.45, 2.75) is 24.3 Å². The summed E-state index contributed by atoms with van der Waals surface area (Å²) < 4.78 is 35.8. The molecule has 8 nitrogen and oxygen atoms in total. The largest absolute Gasteiger partial charge is 0.497 e. The number of carbonyl (C=O) groups is 2. The van der Waals surface area contributed by atoms with E-state index >= 15 is 0 Å². The predicted molar refractivity (Wildman–Crippen MR) is 108 cm³/mol. The maximum absolute atomic E-state index is 12.3. The first-order chi connectivity index (χ1) is 13.6. The van der Waals surface area contributed by atoms with E-state index in [0.717, 1.165) is 4.31 Å². The Kier molecular flexibility index (Phi) is 7.35. The second kappa shape index (κ2) is 9.53. The van der Waals surface area contributed by atoms with E-state index in [1.54, 1.807) is 30.3 Å². The van der Waals surface area contributed by atoms with Crippen LogP contribution in [0.5, 0.6) is 5.75 Å². The Morgan fingerprint density at radius 1 is 1.10 bits per heavy atom. The van der Waals surface area contributed by atoms with Crippen LogP contribution in [0.25, 0.3) is 0 Å². The Balaban J connectivity index is 1.99. The number of hydrogen-bond donors (Lipinski definition) is 1. The predicted octanol–water partition coefficient (Wildman–Crippen LogP) is 2.06. The van der Waals surface area contributed by atoms with Crippen LogP contribution in [0.3, 0.4) is 0 Å². The van der Waals surface area contributed by atoms with Crippen LogP contribution >= 0.6 is 0 Å². The van der Waals surface area contributed by atoms with Gasteiger partial charge < -0.3 is 14.8 Å². The van der Waals surface area contributed by atoms with Crippen LogP contribution in [0.1, 0.15) is 12.5 Å². The number of nitrogens with zero attached hydrogens (tertiary/aromatic N) is 1. The van der Waals surface area contributed by atoms with Crippen molar-refractivity contribution in [1.82, 2.24) is 4.31 Å². The van der Waals surface area contributed by atoms with Gasteiger partial charge in [-0.05, 0) is 42.8 Å². The number of hydrogen-bond acceptors (Lipinski definition) is 6. The molecule has 2 aromatic carbocycles. The molecule has 0 saturated carbocycles. The van der Waals surface area contributed by atoms with Crippen molar-refractivity contribution < 1.29 is 27.5 Å². The minimum Gasteiger partial charge on any atom is -0.497 e. The van der Waals surface area contributed by atoms with E-state index in [2.05, 4.69) is 5.32 Å². The summed E-state index contributed by atoms with van der Waals surface area (Å²) in [4.78, 5) is 24.5. The van der Waals surface area contributed by atoms with Gasteiger partial charge in [-0.3, -0.25) is 9.59 Å². The van der Waals surface area contributed by atoms with E-state index in [0.29, 0.717) is 11.3 Å². The Labute approximate surface area is 170 Å². The topological polar surface area (TPSA) is 102 Å². The monoisotopic (exact) mass is 420 g/mol. The van der Waals surface area contributed by atoms with Crippen molar-refractivity contribution >= 4 is 27.6 Å². The fourth-order valence-corrected chi connectivity index (χ4v) is 3.38. The third kappa shape index (κ3) is 6.03. The van der Waals surface area contributed by atoms with Gasteiger partial charge >= 0.3 is 5.97 Å². The Bertz CT molecular complexity index is 988. The van der Waals surface area contributed by atoms with E-state index in [9.17, 15) is 18.0 Å². The zero-order chi connectivity index (χ0) is 21.6. The number of benzene rings is 2. The number of ether oxygens (including phenoxy) is 2. The number of methoxy groups -OCH3 is 1. The summed E-state index contributed by atoms with van der Waals surface area (Å²) in [5.41, 5.74) is 0.983. The summed E-state index contributed by atoms with van der Waals surface area (Å²) in [5, 5.41) is 2.56. The summed E-state index contributed by atoms with van der Waals surface area (Å²) in [5.74, 6) is -0.512. The van der Waals surface area contributed by atoms with Crippen LogP contribution in [-0.2, 0) is 30.8 Å². The van der Waals surface area contributed by atoms with E-state index in [-0.39, 0.29) is 17.0 Å². The lowest BCUT2D eigenvalue weighted by Crippen LogP contribution is -2.30. The molecule has 0 aliphatic rings. The maximum Gasteiger partial charge on any atom is 0.311 e. The summed E-state index contributed by atoms with van der Waals surface area (Å²) >= 11 is 0. The molecule has 0 aliphatic carbocycles. The highest BCUT2D eigenvalue weighted by Crippen LogP contribution is 2.18. The average Bonchev–Trinajstić information content (AvgIpc) is 2.68. The molecule has 9 heteroatoms. The molecule has 0 aliphatic heterocycles. The fourth-order valence-electron chi connectivity index (χ4n) is 2.43. The van der Waals surface area contributed by atoms with Crippen LogP contribution in [0.2, 0.25) is 0 Å². The van der Waals surface area contributed by atoms with Crippen molar-refractivity contribution in [3.8, 4) is 5.75 Å². The molecule has 0 spiro atoms. The first-order valence-corrected chi connectivity index (χ1v) is 10.2. The van der Waals surface area contributed by atoms with Crippen molar-refractivity contribution in [2.24, 2.45) is 0 Å². The van der Waals surface area contributed by atoms with Crippen molar-refractivity contribution in [3.05, 3.63) is 54.1 Å². The number of rotatable bonds is 8. The van der Waals surface area contributed by atoms with E-state index in [1.807, 2.05) is 0 Å². The molecule has 0 radical (unpaired) electrons. The minimum absolute atomic E-state index is 0.00855. The van der Waals surface area contributed by atoms with Crippen LogP contribution in [0, 0.1) is 0 Å². The SMILES string of the molecule is COc1cccc(CC(=O)O[C@@H](C)C(=O)Nc2cccc(S(=O)(=O)N(C)C)c2)c1. The third-order valence-electron chi connectivity index (χ3n) is 4.04. The molecule has 1 amide bonds. The molecule has 156 valence electrons. The van der Waals surface area contributed by atoms with E-state index in [4.69, 9.17) is 9.47 Å². The molecule has 1 N–H and O–H groups in total. The van der Waals surface area contributed by atoms with Gasteiger partial charge in [0.05, 0.1) is 18.4 Å². The lowest BCUT2D eigenvalue weighted by molar-refractivity contribution is -0.152. The van der Waals surface area contributed by atoms with Crippen LogP contribution in [0.15, 0.2) is 53.4 Å². The Hall–Kier alpha value is -2.91. The van der Waals surface area contributed by atoms with Gasteiger partial charge in [0, 0.05) is 19.8 Å². The number of esters is 1. The summed E-state index contributed by atoms with van der Waals surface area (Å²) in [6.45, 7) is 1.44.